The largest absolute Gasteiger partial charge is 0.310 e. The van der Waals surface area contributed by atoms with Crippen molar-refractivity contribution in [2.75, 3.05) is 4.90 Å². The predicted octanol–water partition coefficient (Wildman–Crippen LogP) is 19.4. The number of nitrogens with zero attached hydrogens (tertiary/aromatic N) is 2. The van der Waals surface area contributed by atoms with Gasteiger partial charge in [-0.2, -0.15) is 0 Å². The summed E-state index contributed by atoms with van der Waals surface area (Å²) in [6.07, 6.45) is 0. The van der Waals surface area contributed by atoms with Gasteiger partial charge < -0.3 is 9.47 Å². The summed E-state index contributed by atoms with van der Waals surface area (Å²) in [5, 5.41) is 10.0. The van der Waals surface area contributed by atoms with Crippen molar-refractivity contribution in [1.82, 2.24) is 4.57 Å². The van der Waals surface area contributed by atoms with Crippen LogP contribution in [-0.2, 0) is 5.41 Å². The Balaban J connectivity index is 0.894. The van der Waals surface area contributed by atoms with Gasteiger partial charge in [-0.05, 0) is 143 Å². The maximum absolute atomic E-state index is 2.46. The Labute approximate surface area is 436 Å². The molecule has 75 heavy (non-hydrogen) atoms. The molecule has 0 radical (unpaired) electrons. The zero-order valence-corrected chi connectivity index (χ0v) is 41.1. The van der Waals surface area contributed by atoms with E-state index in [4.69, 9.17) is 0 Å². The van der Waals surface area contributed by atoms with Crippen LogP contribution < -0.4 is 4.90 Å². The molecule has 0 atom stereocenters. The molecule has 0 aliphatic heterocycles. The predicted molar refractivity (Wildman–Crippen MR) is 316 cm³/mol. The summed E-state index contributed by atoms with van der Waals surface area (Å²) in [5.74, 6) is 0. The van der Waals surface area contributed by atoms with E-state index < -0.39 is 5.41 Å². The lowest BCUT2D eigenvalue weighted by Gasteiger charge is -2.35. The van der Waals surface area contributed by atoms with E-state index in [0.29, 0.717) is 0 Å². The minimum Gasteiger partial charge on any atom is -0.310 e. The molecular weight excluding hydrogens is 905 g/mol. The van der Waals surface area contributed by atoms with Gasteiger partial charge in [-0.15, -0.1) is 0 Å². The van der Waals surface area contributed by atoms with Gasteiger partial charge in [0.25, 0.3) is 0 Å². The van der Waals surface area contributed by atoms with Gasteiger partial charge in [-0.3, -0.25) is 0 Å². The molecular formula is C73H48N2. The molecule has 1 aromatic heterocycles. The Morgan fingerprint density at radius 1 is 0.280 bits per heavy atom. The van der Waals surface area contributed by atoms with Crippen LogP contribution in [0.15, 0.2) is 291 Å². The second-order valence-electron chi connectivity index (χ2n) is 20.0. The summed E-state index contributed by atoms with van der Waals surface area (Å²) in [7, 11) is 0. The highest BCUT2D eigenvalue weighted by molar-refractivity contribution is 6.19. The molecule has 0 bridgehead atoms. The molecule has 1 heterocycles. The number of hydrogen-bond acceptors (Lipinski definition) is 1. The molecule has 1 aliphatic carbocycles. The van der Waals surface area contributed by atoms with Crippen LogP contribution in [0.3, 0.4) is 0 Å². The van der Waals surface area contributed by atoms with Gasteiger partial charge >= 0.3 is 0 Å². The first kappa shape index (κ1) is 42.9. The lowest BCUT2D eigenvalue weighted by atomic mass is 9.67. The molecule has 0 spiro atoms. The Morgan fingerprint density at radius 3 is 1.45 bits per heavy atom. The van der Waals surface area contributed by atoms with Crippen LogP contribution in [0.1, 0.15) is 22.3 Å². The molecule has 350 valence electrons. The molecule has 0 amide bonds. The number of fused-ring (bicyclic) bond motifs is 11. The summed E-state index contributed by atoms with van der Waals surface area (Å²) in [6.45, 7) is 0. The molecule has 1 aliphatic rings. The van der Waals surface area contributed by atoms with Crippen LogP contribution >= 0.6 is 0 Å². The first-order valence-electron chi connectivity index (χ1n) is 26.0. The van der Waals surface area contributed by atoms with Crippen molar-refractivity contribution >= 4 is 71.2 Å². The Hall–Kier alpha value is -9.76. The van der Waals surface area contributed by atoms with Crippen LogP contribution in [0.4, 0.5) is 17.1 Å². The summed E-state index contributed by atoms with van der Waals surface area (Å²) in [6, 6.07) is 108. The molecule has 0 unspecified atom stereocenters. The van der Waals surface area contributed by atoms with E-state index in [2.05, 4.69) is 301 Å². The average molecular weight is 953 g/mol. The number of hydrogen-bond donors (Lipinski definition) is 0. The Bertz CT molecular complexity index is 4460. The fraction of sp³-hybridized carbons (Fsp3) is 0.0137. The van der Waals surface area contributed by atoms with Crippen molar-refractivity contribution in [3.63, 3.8) is 0 Å². The number of benzene rings is 13. The van der Waals surface area contributed by atoms with Crippen LogP contribution in [0.25, 0.3) is 93.2 Å². The quantitative estimate of drug-likeness (QED) is 0.138. The molecule has 2 heteroatoms. The highest BCUT2D eigenvalue weighted by Crippen LogP contribution is 2.57. The summed E-state index contributed by atoms with van der Waals surface area (Å²) in [4.78, 5) is 2.44. The van der Waals surface area contributed by atoms with Crippen LogP contribution in [-0.4, -0.2) is 4.57 Å². The van der Waals surface area contributed by atoms with E-state index in [9.17, 15) is 0 Å². The zero-order valence-electron chi connectivity index (χ0n) is 41.1. The van der Waals surface area contributed by atoms with Gasteiger partial charge in [0.2, 0.25) is 0 Å². The van der Waals surface area contributed by atoms with Crippen molar-refractivity contribution < 1.29 is 0 Å². The normalized spacial score (nSPS) is 12.6. The molecule has 13 aromatic carbocycles. The third kappa shape index (κ3) is 6.73. The molecule has 0 fully saturated rings. The van der Waals surface area contributed by atoms with E-state index in [-0.39, 0.29) is 0 Å². The highest BCUT2D eigenvalue weighted by atomic mass is 15.1. The average Bonchev–Trinajstić information content (AvgIpc) is 4.00. The monoisotopic (exact) mass is 952 g/mol. The maximum atomic E-state index is 2.46. The van der Waals surface area contributed by atoms with Gasteiger partial charge in [0.15, 0.2) is 0 Å². The zero-order chi connectivity index (χ0) is 49.5. The second kappa shape index (κ2) is 17.2. The highest BCUT2D eigenvalue weighted by Gasteiger charge is 2.46. The number of anilines is 3. The molecule has 15 rings (SSSR count). The van der Waals surface area contributed by atoms with E-state index in [1.807, 2.05) is 0 Å². The van der Waals surface area contributed by atoms with Gasteiger partial charge in [-0.25, -0.2) is 0 Å². The Kier molecular flexibility index (Phi) is 9.83. The number of aromatic nitrogens is 1. The first-order valence-corrected chi connectivity index (χ1v) is 26.0. The standard InChI is InChI=1S/C73H48N2/c1-4-18-56(19-5-1)73(57-20-6-2-7-21-57)69-27-15-14-26-64(69)65-45-42-61(48-70(65)73)74(59-38-32-49(33-39-59)54-31-30-53-29-28-51-16-10-12-24-62(51)68(53)46-54)60-40-34-50(35-41-60)55-37-43-66-67-44-36-52-17-11-13-25-63(52)72(67)75(71(66)47-55)58-22-8-3-9-23-58/h1-48H. The van der Waals surface area contributed by atoms with Gasteiger partial charge in [0, 0.05) is 38.9 Å². The van der Waals surface area contributed by atoms with Crippen LogP contribution in [0.5, 0.6) is 0 Å². The minimum absolute atomic E-state index is 0.531. The molecule has 2 nitrogen and oxygen atoms in total. The van der Waals surface area contributed by atoms with Crippen molar-refractivity contribution in [2.45, 2.75) is 5.41 Å². The lowest BCUT2D eigenvalue weighted by Crippen LogP contribution is -2.28. The van der Waals surface area contributed by atoms with Crippen molar-refractivity contribution in [3.05, 3.63) is 313 Å². The molecule has 14 aromatic rings. The van der Waals surface area contributed by atoms with Crippen LogP contribution in [0.2, 0.25) is 0 Å². The lowest BCUT2D eigenvalue weighted by molar-refractivity contribution is 0.768. The van der Waals surface area contributed by atoms with E-state index in [0.717, 1.165) is 28.3 Å². The van der Waals surface area contributed by atoms with Gasteiger partial charge in [0.1, 0.15) is 0 Å². The first-order chi connectivity index (χ1) is 37.2. The third-order valence-corrected chi connectivity index (χ3v) is 16.0. The van der Waals surface area contributed by atoms with Crippen LogP contribution in [0, 0.1) is 0 Å². The van der Waals surface area contributed by atoms with Crippen molar-refractivity contribution in [3.8, 4) is 39.1 Å². The van der Waals surface area contributed by atoms with E-state index >= 15 is 0 Å². The van der Waals surface area contributed by atoms with E-state index in [1.165, 1.54) is 104 Å². The van der Waals surface area contributed by atoms with E-state index in [1.54, 1.807) is 0 Å². The van der Waals surface area contributed by atoms with Gasteiger partial charge in [-0.1, -0.05) is 231 Å². The fourth-order valence-corrected chi connectivity index (χ4v) is 12.6. The van der Waals surface area contributed by atoms with Crippen molar-refractivity contribution in [1.29, 1.82) is 0 Å². The molecule has 0 saturated heterocycles. The second-order valence-corrected chi connectivity index (χ2v) is 20.0. The smallest absolute Gasteiger partial charge is 0.0714 e. The summed E-state index contributed by atoms with van der Waals surface area (Å²) >= 11 is 0. The number of para-hydroxylation sites is 1. The topological polar surface area (TPSA) is 8.17 Å². The summed E-state index contributed by atoms with van der Waals surface area (Å²) < 4.78 is 2.45. The molecule has 0 N–H and O–H groups in total. The maximum Gasteiger partial charge on any atom is 0.0714 e. The third-order valence-electron chi connectivity index (χ3n) is 16.0. The fourth-order valence-electron chi connectivity index (χ4n) is 12.6. The summed E-state index contributed by atoms with van der Waals surface area (Å²) in [5.41, 5.74) is 18.6. The van der Waals surface area contributed by atoms with Gasteiger partial charge in [0.05, 0.1) is 16.4 Å². The Morgan fingerprint density at radius 2 is 0.760 bits per heavy atom. The minimum atomic E-state index is -0.531. The van der Waals surface area contributed by atoms with Crippen molar-refractivity contribution in [2.24, 2.45) is 0 Å². The SMILES string of the molecule is c1ccc(-n2c3cc(-c4ccc(N(c5ccc(-c6ccc7ccc8ccccc8c7c6)cc5)c5ccc6c(c5)C(c5ccccc5)(c5ccccc5)c5ccccc5-6)cc4)ccc3c3ccc4ccccc4c32)cc1. The number of rotatable bonds is 8. The molecule has 0 saturated carbocycles.